The summed E-state index contributed by atoms with van der Waals surface area (Å²) in [6, 6.07) is 0. The van der Waals surface area contributed by atoms with E-state index in [0.717, 1.165) is 9.13 Å². The van der Waals surface area contributed by atoms with Crippen molar-refractivity contribution >= 4 is 39.8 Å². The van der Waals surface area contributed by atoms with Crippen LogP contribution >= 0.6 is 23.1 Å². The van der Waals surface area contributed by atoms with Crippen molar-refractivity contribution in [3.8, 4) is 0 Å². The fraction of sp³-hybridized carbons (Fsp3) is 0.357. The number of carbonyl (C=O) groups is 1. The van der Waals surface area contributed by atoms with Crippen molar-refractivity contribution in [2.24, 2.45) is 14.1 Å². The molecule has 0 aromatic carbocycles. The predicted octanol–water partition coefficient (Wildman–Crippen LogP) is 0.479. The van der Waals surface area contributed by atoms with Crippen molar-refractivity contribution < 1.29 is 4.79 Å². The van der Waals surface area contributed by atoms with Gasteiger partial charge < -0.3 is 11.1 Å². The number of nitrogens with two attached hydrogens (primary N) is 1. The molecule has 0 amide bonds. The van der Waals surface area contributed by atoms with Gasteiger partial charge in [-0.05, 0) is 6.92 Å². The van der Waals surface area contributed by atoms with Crippen molar-refractivity contribution in [1.29, 1.82) is 0 Å². The largest absolute Gasteiger partial charge is 0.384 e. The van der Waals surface area contributed by atoms with Crippen molar-refractivity contribution in [1.82, 2.24) is 19.3 Å². The van der Waals surface area contributed by atoms with E-state index in [-0.39, 0.29) is 11.4 Å². The van der Waals surface area contributed by atoms with E-state index in [0.29, 0.717) is 16.0 Å². The number of nitrogens with one attached hydrogen (secondary N) is 1. The summed E-state index contributed by atoms with van der Waals surface area (Å²) in [5, 5.41) is 10.9. The number of hydrogen-bond donors (Lipinski definition) is 2. The van der Waals surface area contributed by atoms with Crippen LogP contribution in [0, 0.1) is 0 Å². The van der Waals surface area contributed by atoms with Gasteiger partial charge in [0.15, 0.2) is 10.1 Å². The summed E-state index contributed by atoms with van der Waals surface area (Å²) in [5.41, 5.74) is 4.34. The maximum absolute atomic E-state index is 12.7. The molecule has 0 fully saturated rings. The number of anilines is 2. The Bertz CT molecular complexity index is 930. The third-order valence-corrected chi connectivity index (χ3v) is 5.47. The minimum Gasteiger partial charge on any atom is -0.384 e. The van der Waals surface area contributed by atoms with Gasteiger partial charge in [-0.3, -0.25) is 18.7 Å². The Kier molecular flexibility index (Phi) is 5.80. The number of nitrogens with zero attached hydrogens (tertiary/aromatic N) is 4. The summed E-state index contributed by atoms with van der Waals surface area (Å²) in [7, 11) is 2.72. The molecule has 25 heavy (non-hydrogen) atoms. The van der Waals surface area contributed by atoms with Crippen LogP contribution in [0.2, 0.25) is 0 Å². The number of aromatic nitrogens is 4. The first kappa shape index (κ1) is 18.9. The zero-order valence-electron chi connectivity index (χ0n) is 14.0. The minimum absolute atomic E-state index is 0.142. The van der Waals surface area contributed by atoms with Gasteiger partial charge in [-0.25, -0.2) is 4.79 Å². The van der Waals surface area contributed by atoms with E-state index in [1.807, 2.05) is 0 Å². The van der Waals surface area contributed by atoms with Crippen LogP contribution in [0.4, 0.5) is 10.9 Å². The normalized spacial score (nSPS) is 12.0. The monoisotopic (exact) mass is 382 g/mol. The van der Waals surface area contributed by atoms with Crippen molar-refractivity contribution in [3.63, 3.8) is 0 Å². The maximum Gasteiger partial charge on any atom is 0.332 e. The second kappa shape index (κ2) is 7.66. The zero-order chi connectivity index (χ0) is 18.7. The summed E-state index contributed by atoms with van der Waals surface area (Å²) in [6.07, 6.45) is 1.69. The predicted molar refractivity (Wildman–Crippen MR) is 99.6 cm³/mol. The number of thioether (sulfide) groups is 1. The lowest BCUT2D eigenvalue weighted by molar-refractivity contribution is 0.0992. The number of ketones is 1. The molecule has 0 spiro atoms. The van der Waals surface area contributed by atoms with Gasteiger partial charge in [-0.2, -0.15) is 0 Å². The van der Waals surface area contributed by atoms with Crippen LogP contribution in [0.5, 0.6) is 0 Å². The standard InChI is InChI=1S/C14H18N6O3S2/c1-5-6-16-12-17-18-13(25-12)24-7(2)9(21)8-10(15)19(3)14(23)20(4)11(8)22/h5,7H,1,6,15H2,2-4H3,(H,16,17). The molecule has 0 radical (unpaired) electrons. The molecule has 134 valence electrons. The van der Waals surface area contributed by atoms with Crippen molar-refractivity contribution in [2.45, 2.75) is 16.5 Å². The summed E-state index contributed by atoms with van der Waals surface area (Å²) >= 11 is 2.46. The molecule has 3 N–H and O–H groups in total. The Morgan fingerprint density at radius 2 is 2.08 bits per heavy atom. The third-order valence-electron chi connectivity index (χ3n) is 3.41. The Hall–Kier alpha value is -2.40. The van der Waals surface area contributed by atoms with Gasteiger partial charge in [0, 0.05) is 20.6 Å². The third kappa shape index (κ3) is 3.82. The number of rotatable bonds is 7. The van der Waals surface area contributed by atoms with E-state index in [1.165, 1.54) is 37.2 Å². The molecule has 0 aliphatic heterocycles. The summed E-state index contributed by atoms with van der Waals surface area (Å²) in [6.45, 7) is 5.80. The average molecular weight is 382 g/mol. The van der Waals surface area contributed by atoms with Crippen LogP contribution < -0.4 is 22.3 Å². The molecule has 1 unspecified atom stereocenters. The molecule has 0 aliphatic rings. The Balaban J connectivity index is 2.26. The second-order valence-electron chi connectivity index (χ2n) is 5.13. The van der Waals surface area contributed by atoms with Gasteiger partial charge in [0.2, 0.25) is 5.13 Å². The van der Waals surface area contributed by atoms with Gasteiger partial charge in [-0.1, -0.05) is 29.2 Å². The molecule has 9 nitrogen and oxygen atoms in total. The first-order valence-electron chi connectivity index (χ1n) is 7.22. The number of hydrogen-bond acceptors (Lipinski definition) is 9. The fourth-order valence-corrected chi connectivity index (χ4v) is 3.95. The Morgan fingerprint density at radius 1 is 1.40 bits per heavy atom. The highest BCUT2D eigenvalue weighted by atomic mass is 32.2. The van der Waals surface area contributed by atoms with Gasteiger partial charge in [0.05, 0.1) is 5.25 Å². The van der Waals surface area contributed by atoms with Crippen LogP contribution in [-0.4, -0.2) is 36.9 Å². The van der Waals surface area contributed by atoms with E-state index in [1.54, 1.807) is 13.0 Å². The molecular formula is C14H18N6O3S2. The van der Waals surface area contributed by atoms with Crippen molar-refractivity contribution in [3.05, 3.63) is 39.1 Å². The lowest BCUT2D eigenvalue weighted by Crippen LogP contribution is -2.42. The maximum atomic E-state index is 12.7. The summed E-state index contributed by atoms with van der Waals surface area (Å²) in [4.78, 5) is 36.8. The van der Waals surface area contributed by atoms with E-state index in [4.69, 9.17) is 5.73 Å². The highest BCUT2D eigenvalue weighted by Gasteiger charge is 2.26. The van der Waals surface area contributed by atoms with Gasteiger partial charge in [0.25, 0.3) is 5.56 Å². The summed E-state index contributed by atoms with van der Waals surface area (Å²) < 4.78 is 2.52. The minimum atomic E-state index is -0.705. The van der Waals surface area contributed by atoms with Crippen LogP contribution in [-0.2, 0) is 14.1 Å². The topological polar surface area (TPSA) is 125 Å². The van der Waals surface area contributed by atoms with Gasteiger partial charge >= 0.3 is 5.69 Å². The van der Waals surface area contributed by atoms with Crippen molar-refractivity contribution in [2.75, 3.05) is 17.6 Å². The quantitative estimate of drug-likeness (QED) is 0.402. The molecule has 2 aromatic heterocycles. The lowest BCUT2D eigenvalue weighted by Gasteiger charge is -2.13. The SMILES string of the molecule is C=CCNc1nnc(SC(C)C(=O)c2c(N)n(C)c(=O)n(C)c2=O)s1. The molecule has 0 aliphatic carbocycles. The molecule has 0 bridgehead atoms. The average Bonchev–Trinajstić information content (AvgIpc) is 3.03. The van der Waals surface area contributed by atoms with Crippen LogP contribution in [0.1, 0.15) is 17.3 Å². The molecule has 0 saturated heterocycles. The molecule has 11 heteroatoms. The van der Waals surface area contributed by atoms with E-state index >= 15 is 0 Å². The molecule has 0 saturated carbocycles. The molecule has 2 aromatic rings. The fourth-order valence-electron chi connectivity index (χ4n) is 1.99. The molecular weight excluding hydrogens is 364 g/mol. The van der Waals surface area contributed by atoms with Crippen LogP contribution in [0.15, 0.2) is 26.6 Å². The zero-order valence-corrected chi connectivity index (χ0v) is 15.6. The molecule has 1 atom stereocenters. The van der Waals surface area contributed by atoms with Crippen LogP contribution in [0.3, 0.4) is 0 Å². The lowest BCUT2D eigenvalue weighted by atomic mass is 10.1. The second-order valence-corrected chi connectivity index (χ2v) is 7.70. The van der Waals surface area contributed by atoms with Gasteiger partial charge in [0.1, 0.15) is 11.4 Å². The summed E-state index contributed by atoms with van der Waals surface area (Å²) in [5.74, 6) is -0.606. The van der Waals surface area contributed by atoms with Crippen LogP contribution in [0.25, 0.3) is 0 Å². The molecule has 2 rings (SSSR count). The van der Waals surface area contributed by atoms with E-state index < -0.39 is 22.3 Å². The number of nitrogen functional groups attached to an aromatic ring is 1. The van der Waals surface area contributed by atoms with E-state index in [9.17, 15) is 14.4 Å². The molecule has 2 heterocycles. The highest BCUT2D eigenvalue weighted by Crippen LogP contribution is 2.30. The number of Topliss-reactive ketones (excluding diaryl/α,β-unsaturated/α-hetero) is 1. The van der Waals surface area contributed by atoms with Gasteiger partial charge in [-0.15, -0.1) is 16.8 Å². The first-order chi connectivity index (χ1) is 11.8. The highest BCUT2D eigenvalue weighted by molar-refractivity contribution is 8.02. The van der Waals surface area contributed by atoms with E-state index in [2.05, 4.69) is 22.1 Å². The number of carbonyl (C=O) groups excluding carboxylic acids is 1. The first-order valence-corrected chi connectivity index (χ1v) is 8.92. The smallest absolute Gasteiger partial charge is 0.332 e. The Morgan fingerprint density at radius 3 is 2.72 bits per heavy atom. The Labute approximate surface area is 151 Å².